The van der Waals surface area contributed by atoms with Crippen LogP contribution in [0.25, 0.3) is 0 Å². The Balaban J connectivity index is 2.05. The lowest BCUT2D eigenvalue weighted by Crippen LogP contribution is -2.24. The van der Waals surface area contributed by atoms with Crippen LogP contribution in [-0.4, -0.2) is 37.4 Å². The van der Waals surface area contributed by atoms with Gasteiger partial charge < -0.3 is 14.2 Å². The van der Waals surface area contributed by atoms with E-state index >= 15 is 0 Å². The van der Waals surface area contributed by atoms with Gasteiger partial charge in [-0.2, -0.15) is 0 Å². The van der Waals surface area contributed by atoms with E-state index in [9.17, 15) is 14.4 Å². The molecule has 0 unspecified atom stereocenters. The second-order valence-electron chi connectivity index (χ2n) is 8.13. The van der Waals surface area contributed by atoms with Crippen molar-refractivity contribution in [2.45, 2.75) is 59.3 Å². The molecule has 6 heteroatoms. The summed E-state index contributed by atoms with van der Waals surface area (Å²) in [5, 5.41) is 0. The van der Waals surface area contributed by atoms with Gasteiger partial charge >= 0.3 is 5.97 Å². The molecule has 0 radical (unpaired) electrons. The summed E-state index contributed by atoms with van der Waals surface area (Å²) in [5.74, 6) is -0.564. The van der Waals surface area contributed by atoms with Crippen molar-refractivity contribution in [3.8, 4) is 11.5 Å². The van der Waals surface area contributed by atoms with Gasteiger partial charge in [-0.05, 0) is 37.5 Å². The van der Waals surface area contributed by atoms with Crippen molar-refractivity contribution in [2.75, 3.05) is 19.8 Å². The topological polar surface area (TPSA) is 78.9 Å². The molecular weight excluding hydrogens is 420 g/mol. The van der Waals surface area contributed by atoms with Crippen LogP contribution in [0.5, 0.6) is 11.5 Å². The zero-order chi connectivity index (χ0) is 23.8. The molecule has 0 amide bonds. The van der Waals surface area contributed by atoms with Crippen LogP contribution < -0.4 is 9.47 Å². The molecule has 0 fully saturated rings. The third-order valence-electron chi connectivity index (χ3n) is 5.55. The van der Waals surface area contributed by atoms with Crippen LogP contribution in [-0.2, 0) is 4.74 Å². The minimum absolute atomic E-state index is 0.162. The fourth-order valence-electron chi connectivity index (χ4n) is 3.65. The highest BCUT2D eigenvalue weighted by molar-refractivity contribution is 6.30. The van der Waals surface area contributed by atoms with Gasteiger partial charge in [-0.3, -0.25) is 9.59 Å². The summed E-state index contributed by atoms with van der Waals surface area (Å²) in [6.45, 7) is 7.23. The number of unbranched alkanes of at least 4 members (excludes halogenated alkanes) is 3. The Kier molecular flexibility index (Phi) is 8.64. The van der Waals surface area contributed by atoms with Gasteiger partial charge in [0.05, 0.1) is 36.5 Å². The van der Waals surface area contributed by atoms with Gasteiger partial charge in [-0.25, -0.2) is 4.79 Å². The third kappa shape index (κ3) is 5.44. The van der Waals surface area contributed by atoms with Gasteiger partial charge in [-0.15, -0.1) is 0 Å². The number of ketones is 2. The van der Waals surface area contributed by atoms with Crippen LogP contribution in [0.1, 0.15) is 101 Å². The van der Waals surface area contributed by atoms with Crippen LogP contribution in [0, 0.1) is 0 Å². The Morgan fingerprint density at radius 1 is 0.727 bits per heavy atom. The van der Waals surface area contributed by atoms with E-state index in [1.54, 1.807) is 18.2 Å². The summed E-state index contributed by atoms with van der Waals surface area (Å²) in [7, 11) is 0. The standard InChI is InChI=1S/C27H32O6/c1-4-7-13-31-21-12-10-11-19-23(21)26(29)24-20(25(19)28)16-18(27(30)33-15-9-6-3)17-22(24)32-14-8-5-2/h10-12,16-17H,4-9,13-15H2,1-3H3. The molecule has 0 N–H and O–H groups in total. The van der Waals surface area contributed by atoms with Crippen molar-refractivity contribution < 1.29 is 28.6 Å². The molecule has 0 saturated heterocycles. The summed E-state index contributed by atoms with van der Waals surface area (Å²) < 4.78 is 17.1. The lowest BCUT2D eigenvalue weighted by molar-refractivity contribution is 0.0499. The number of benzene rings is 2. The fraction of sp³-hybridized carbons (Fsp3) is 0.444. The Hall–Kier alpha value is -3.15. The highest BCUT2D eigenvalue weighted by Crippen LogP contribution is 2.38. The van der Waals surface area contributed by atoms with E-state index in [2.05, 4.69) is 6.92 Å². The van der Waals surface area contributed by atoms with E-state index in [0.717, 1.165) is 38.5 Å². The van der Waals surface area contributed by atoms with E-state index in [0.29, 0.717) is 25.6 Å². The summed E-state index contributed by atoms with van der Waals surface area (Å²) in [4.78, 5) is 39.7. The fourth-order valence-corrected chi connectivity index (χ4v) is 3.65. The minimum Gasteiger partial charge on any atom is -0.493 e. The zero-order valence-corrected chi connectivity index (χ0v) is 19.7. The number of hydrogen-bond acceptors (Lipinski definition) is 6. The molecule has 0 aromatic heterocycles. The molecule has 0 aliphatic heterocycles. The lowest BCUT2D eigenvalue weighted by Gasteiger charge is -2.23. The first kappa shape index (κ1) is 24.5. The van der Waals surface area contributed by atoms with E-state index < -0.39 is 5.97 Å². The number of carbonyl (C=O) groups excluding carboxylic acids is 3. The van der Waals surface area contributed by atoms with Gasteiger partial charge in [-0.1, -0.05) is 52.2 Å². The maximum Gasteiger partial charge on any atom is 0.338 e. The van der Waals surface area contributed by atoms with Gasteiger partial charge in [0.1, 0.15) is 11.5 Å². The van der Waals surface area contributed by atoms with Crippen LogP contribution in [0.4, 0.5) is 0 Å². The molecule has 1 aliphatic carbocycles. The summed E-state index contributed by atoms with van der Waals surface area (Å²) >= 11 is 0. The van der Waals surface area contributed by atoms with Crippen molar-refractivity contribution in [3.63, 3.8) is 0 Å². The zero-order valence-electron chi connectivity index (χ0n) is 19.7. The molecule has 1 aliphatic rings. The lowest BCUT2D eigenvalue weighted by atomic mass is 9.82. The number of carbonyl (C=O) groups is 3. The van der Waals surface area contributed by atoms with E-state index in [1.807, 2.05) is 13.8 Å². The molecule has 176 valence electrons. The third-order valence-corrected chi connectivity index (χ3v) is 5.55. The summed E-state index contributed by atoms with van der Waals surface area (Å²) in [5.41, 5.74) is 1.08. The van der Waals surface area contributed by atoms with E-state index in [4.69, 9.17) is 14.2 Å². The van der Waals surface area contributed by atoms with Crippen molar-refractivity contribution in [1.29, 1.82) is 0 Å². The molecule has 0 saturated carbocycles. The van der Waals surface area contributed by atoms with Crippen LogP contribution in [0.3, 0.4) is 0 Å². The molecule has 2 aromatic carbocycles. The van der Waals surface area contributed by atoms with Crippen LogP contribution in [0.2, 0.25) is 0 Å². The number of rotatable bonds is 12. The quantitative estimate of drug-likeness (QED) is 0.256. The summed E-state index contributed by atoms with van der Waals surface area (Å²) in [6.07, 6.45) is 5.14. The highest BCUT2D eigenvalue weighted by Gasteiger charge is 2.36. The first-order chi connectivity index (χ1) is 16.0. The van der Waals surface area contributed by atoms with Gasteiger partial charge in [0, 0.05) is 11.1 Å². The van der Waals surface area contributed by atoms with E-state index in [-0.39, 0.29) is 45.1 Å². The molecule has 0 heterocycles. The van der Waals surface area contributed by atoms with Crippen molar-refractivity contribution in [3.05, 3.63) is 58.1 Å². The number of fused-ring (bicyclic) bond motifs is 2. The van der Waals surface area contributed by atoms with E-state index in [1.165, 1.54) is 12.1 Å². The molecule has 6 nitrogen and oxygen atoms in total. The number of esters is 1. The van der Waals surface area contributed by atoms with Crippen LogP contribution in [0.15, 0.2) is 30.3 Å². The van der Waals surface area contributed by atoms with Gasteiger partial charge in [0.2, 0.25) is 5.78 Å². The molecule has 2 aromatic rings. The molecular formula is C27H32O6. The predicted octanol–water partition coefficient (Wildman–Crippen LogP) is 5.78. The average molecular weight is 453 g/mol. The Morgan fingerprint density at radius 3 is 2.00 bits per heavy atom. The predicted molar refractivity (Wildman–Crippen MR) is 126 cm³/mol. The van der Waals surface area contributed by atoms with Crippen LogP contribution >= 0.6 is 0 Å². The maximum atomic E-state index is 13.6. The maximum absolute atomic E-state index is 13.6. The second kappa shape index (κ2) is 11.6. The van der Waals surface area contributed by atoms with Gasteiger partial charge in [0.15, 0.2) is 5.78 Å². The monoisotopic (exact) mass is 452 g/mol. The normalized spacial score (nSPS) is 12.2. The average Bonchev–Trinajstić information content (AvgIpc) is 2.82. The molecule has 33 heavy (non-hydrogen) atoms. The summed E-state index contributed by atoms with van der Waals surface area (Å²) in [6, 6.07) is 8.00. The van der Waals surface area contributed by atoms with Gasteiger partial charge in [0.25, 0.3) is 0 Å². The number of hydrogen-bond donors (Lipinski definition) is 0. The Labute approximate surface area is 195 Å². The molecule has 0 atom stereocenters. The second-order valence-corrected chi connectivity index (χ2v) is 8.13. The molecule has 0 bridgehead atoms. The van der Waals surface area contributed by atoms with Crippen molar-refractivity contribution >= 4 is 17.5 Å². The largest absolute Gasteiger partial charge is 0.493 e. The first-order valence-corrected chi connectivity index (χ1v) is 11.9. The molecule has 0 spiro atoms. The smallest absolute Gasteiger partial charge is 0.338 e. The van der Waals surface area contributed by atoms with Crippen molar-refractivity contribution in [2.24, 2.45) is 0 Å². The number of ether oxygens (including phenoxy) is 3. The van der Waals surface area contributed by atoms with Crippen molar-refractivity contribution in [1.82, 2.24) is 0 Å². The molecule has 3 rings (SSSR count). The minimum atomic E-state index is -0.533. The first-order valence-electron chi connectivity index (χ1n) is 11.9. The SMILES string of the molecule is CCCCOC(=O)c1cc(OCCCC)c2c(c1)C(=O)c1cccc(OCCCC)c1C2=O. The highest BCUT2D eigenvalue weighted by atomic mass is 16.5. The Bertz CT molecular complexity index is 1020. The Morgan fingerprint density at radius 2 is 1.33 bits per heavy atom.